The van der Waals surface area contributed by atoms with E-state index in [0.717, 1.165) is 0 Å². The molecule has 1 nitrogen and oxygen atoms in total. The van der Waals surface area contributed by atoms with E-state index in [1.807, 2.05) is 9.53 Å². The van der Waals surface area contributed by atoms with Crippen molar-refractivity contribution in [2.75, 3.05) is 7.11 Å². The van der Waals surface area contributed by atoms with Crippen LogP contribution in [0.15, 0.2) is 0 Å². The van der Waals surface area contributed by atoms with Gasteiger partial charge in [-0.1, -0.05) is 0 Å². The first-order valence-electron chi connectivity index (χ1n) is 6.86. The van der Waals surface area contributed by atoms with Crippen molar-refractivity contribution in [3.8, 4) is 5.75 Å². The van der Waals surface area contributed by atoms with Gasteiger partial charge in [0.2, 0.25) is 0 Å². The van der Waals surface area contributed by atoms with E-state index in [2.05, 4.69) is 6.92 Å². The summed E-state index contributed by atoms with van der Waals surface area (Å²) in [5.74, 6) is 1.36. The Morgan fingerprint density at radius 3 is 1.58 bits per heavy atom. The van der Waals surface area contributed by atoms with E-state index in [4.69, 9.17) is 4.74 Å². The van der Waals surface area contributed by atoms with Gasteiger partial charge in [-0.25, -0.2) is 0 Å². The molecule has 0 saturated heterocycles. The molecule has 19 heavy (non-hydrogen) atoms. The number of hydrogen-bond acceptors (Lipinski definition) is 1. The van der Waals surface area contributed by atoms with Gasteiger partial charge in [0.25, 0.3) is 0 Å². The zero-order valence-corrected chi connectivity index (χ0v) is 62.7. The molecule has 0 aliphatic rings. The Labute approximate surface area is 290 Å². The molecular weight excluding hydrogens is 1520 g/mol. The van der Waals surface area contributed by atoms with Gasteiger partial charge < -0.3 is 0 Å². The van der Waals surface area contributed by atoms with Gasteiger partial charge in [0.1, 0.15) is 0 Å². The van der Waals surface area contributed by atoms with Gasteiger partial charge in [-0.3, -0.25) is 0 Å². The van der Waals surface area contributed by atoms with Crippen molar-refractivity contribution in [1.82, 2.24) is 0 Å². The van der Waals surface area contributed by atoms with Crippen molar-refractivity contribution >= 4 is 14.4 Å². The van der Waals surface area contributed by atoms with Crippen LogP contribution >= 0.6 is 0 Å². The van der Waals surface area contributed by atoms with Gasteiger partial charge in [-0.15, -0.1) is 0 Å². The van der Waals surface area contributed by atoms with Crippen LogP contribution in [0, 0.1) is 264 Å². The molecule has 0 aliphatic heterocycles. The molecule has 0 aliphatic carbocycles. The van der Waals surface area contributed by atoms with Gasteiger partial charge >= 0.3 is 301 Å². The molecule has 0 bridgehead atoms. The van der Waals surface area contributed by atoms with Crippen molar-refractivity contribution in [3.05, 3.63) is 5.56 Å². The molecule has 0 atom stereocenters. The molecule has 0 unspecified atom stereocenters. The van der Waals surface area contributed by atoms with Gasteiger partial charge in [-0.05, 0) is 0 Å². The zero-order chi connectivity index (χ0) is 14.5. The first-order chi connectivity index (χ1) is 8.82. The fourth-order valence-electron chi connectivity index (χ4n) is 3.15. The minimum absolute atomic E-state index is 0.416. The Balaban J connectivity index is 3.21. The first-order valence-corrected chi connectivity index (χ1v) is 31.5. The molecule has 2 aromatic carbocycles. The molecule has 0 fully saturated rings. The molecule has 0 N–H and O–H groups in total. The van der Waals surface area contributed by atoms with Crippen LogP contribution in [0.25, 0.3) is 10.8 Å². The second-order valence-electron chi connectivity index (χ2n) is 5.66. The van der Waals surface area contributed by atoms with Crippen molar-refractivity contribution < 1.29 is 261 Å². The third kappa shape index (κ3) is 4.84. The summed E-state index contributed by atoms with van der Waals surface area (Å²) in [5, 5.41) is 3.37. The molecule has 0 amide bonds. The predicted molar refractivity (Wildman–Crippen MR) is 61.4 cm³/mol. The van der Waals surface area contributed by atoms with Gasteiger partial charge in [0.05, 0.1) is 0 Å². The van der Waals surface area contributed by atoms with Crippen molar-refractivity contribution in [1.29, 1.82) is 0 Å². The normalized spacial score (nSPS) is 10.5. The average molecular weight is 1530 g/mol. The summed E-state index contributed by atoms with van der Waals surface area (Å²) >= 11 is 2.91. The number of hydrogen-bond donors (Lipinski definition) is 0. The summed E-state index contributed by atoms with van der Waals surface area (Å²) in [7, 11) is 1.92. The van der Waals surface area contributed by atoms with Crippen LogP contribution < -0.4 is 8.36 Å². The summed E-state index contributed by atoms with van der Waals surface area (Å²) in [6.07, 6.45) is 0. The van der Waals surface area contributed by atoms with E-state index in [1.165, 1.54) is 5.75 Å². The Hall–Kier alpha value is 7.31. The van der Waals surface area contributed by atoms with Crippen LogP contribution in [0.2, 0.25) is 0 Å². The second kappa shape index (κ2) is 10.2. The predicted octanol–water partition coefficient (Wildman–Crippen LogP) is -3.40. The number of ether oxygens (including phenoxy) is 1. The van der Waals surface area contributed by atoms with Crippen molar-refractivity contribution in [3.63, 3.8) is 0 Å². The SMILES string of the molecule is COc1[c]([RaH])[c]([RaH])c(C)c2[c]([RaH])[c]([RaH])[c]([RaH])[c]([RaH])c12. The third-order valence-corrected chi connectivity index (χ3v) is 106. The molecule has 0 saturated carbocycles. The first kappa shape index (κ1) is 22.6. The van der Waals surface area contributed by atoms with Gasteiger partial charge in [0.15, 0.2) is 0 Å². The zero-order valence-electron chi connectivity index (χ0n) is 13.4. The molecule has 7 heteroatoms. The molecular formula is C12H12ORa6. The molecule has 2 rings (SSSR count). The molecule has 0 aromatic heterocycles. The Morgan fingerprint density at radius 1 is 0.632 bits per heavy atom. The third-order valence-electron chi connectivity index (χ3n) is 4.96. The summed E-state index contributed by atoms with van der Waals surface area (Å²) in [6.45, 7) is 2.43. The number of benzene rings is 2. The van der Waals surface area contributed by atoms with E-state index >= 15 is 0 Å². The van der Waals surface area contributed by atoms with Gasteiger partial charge in [-0.2, -0.15) is 0 Å². The summed E-state index contributed by atoms with van der Waals surface area (Å²) in [5.41, 5.74) is 1.70. The van der Waals surface area contributed by atoms with E-state index in [9.17, 15) is 0 Å². The van der Waals surface area contributed by atoms with Crippen molar-refractivity contribution in [2.24, 2.45) is 0 Å². The molecule has 0 spiro atoms. The summed E-state index contributed by atoms with van der Waals surface area (Å²) < 4.78 is 17.0. The van der Waals surface area contributed by atoms with E-state index in [0.29, 0.717) is 257 Å². The number of fused-ring (bicyclic) bond motifs is 1. The quantitative estimate of drug-likeness (QED) is 0.290. The van der Waals surface area contributed by atoms with Crippen molar-refractivity contribution in [2.45, 2.75) is 6.92 Å². The van der Waals surface area contributed by atoms with Crippen LogP contribution in [0.1, 0.15) is 5.56 Å². The van der Waals surface area contributed by atoms with Crippen LogP contribution in [0.5, 0.6) is 5.75 Å². The van der Waals surface area contributed by atoms with E-state index in [1.54, 1.807) is 17.5 Å². The second-order valence-corrected chi connectivity index (χ2v) is 30.3. The fourth-order valence-corrected chi connectivity index (χ4v) is 38.2. The van der Waals surface area contributed by atoms with Gasteiger partial charge in [0, 0.05) is 0 Å². The molecule has 78 valence electrons. The molecule has 0 radical (unpaired) electrons. The minimum atomic E-state index is 0.416. The Bertz CT molecular complexity index is 687. The average Bonchev–Trinajstić information content (AvgIpc) is 2.40. The fraction of sp³-hybridized carbons (Fsp3) is 0.167. The topological polar surface area (TPSA) is 9.23 Å². The van der Waals surface area contributed by atoms with Crippen LogP contribution in [-0.2, 0) is 0 Å². The number of aryl methyl sites for hydroxylation is 1. The van der Waals surface area contributed by atoms with E-state index < -0.39 is 0 Å². The van der Waals surface area contributed by atoms with E-state index in [-0.39, 0.29) is 0 Å². The summed E-state index contributed by atoms with van der Waals surface area (Å²) in [4.78, 5) is 0. The van der Waals surface area contributed by atoms with Crippen LogP contribution in [0.3, 0.4) is 0 Å². The monoisotopic (exact) mass is 1530 g/mol. The summed E-state index contributed by atoms with van der Waals surface area (Å²) in [6, 6.07) is 0. The maximum atomic E-state index is 5.93. The number of rotatable bonds is 1. The standard InChI is InChI=1S/C12H6O.6Ra.6H/c1-9-7-8-12(13-2)11-6-4-3-5-10(9)11;;;;;;;;;;;;/h1-2H3;;;;;;;;;;;;. The molecule has 2 aromatic rings. The Morgan fingerprint density at radius 2 is 1.11 bits per heavy atom. The Kier molecular flexibility index (Phi) is 12.1. The van der Waals surface area contributed by atoms with Crippen LogP contribution in [-0.4, -0.2) is 7.11 Å². The molecule has 0 heterocycles. The maximum absolute atomic E-state index is 5.93. The number of methoxy groups -OCH3 is 1. The van der Waals surface area contributed by atoms with Crippen LogP contribution in [0.4, 0.5) is 0 Å².